The van der Waals surface area contributed by atoms with Crippen LogP contribution in [0.25, 0.3) is 0 Å². The summed E-state index contributed by atoms with van der Waals surface area (Å²) in [5.74, 6) is -0.427. The Labute approximate surface area is 94.3 Å². The van der Waals surface area contributed by atoms with Gasteiger partial charge >= 0.3 is 5.97 Å². The predicted molar refractivity (Wildman–Crippen MR) is 56.7 cm³/mol. The first-order valence-electron chi connectivity index (χ1n) is 5.62. The van der Waals surface area contributed by atoms with Gasteiger partial charge in [-0.3, -0.25) is 9.59 Å². The summed E-state index contributed by atoms with van der Waals surface area (Å²) in [5.41, 5.74) is 0.555. The normalized spacial score (nSPS) is 36.1. The number of esters is 1. The van der Waals surface area contributed by atoms with Crippen LogP contribution >= 0.6 is 0 Å². The van der Waals surface area contributed by atoms with Gasteiger partial charge in [-0.15, -0.1) is 0 Å². The molecule has 4 heteroatoms. The second-order valence-electron chi connectivity index (χ2n) is 4.63. The van der Waals surface area contributed by atoms with Crippen LogP contribution in [0, 0.1) is 11.8 Å². The third-order valence-corrected chi connectivity index (χ3v) is 3.51. The quantitative estimate of drug-likeness (QED) is 0.418. The monoisotopic (exact) mass is 224 g/mol. The summed E-state index contributed by atoms with van der Waals surface area (Å²) in [7, 11) is 0. The number of rotatable bonds is 1. The fourth-order valence-electron chi connectivity index (χ4n) is 2.91. The van der Waals surface area contributed by atoms with E-state index in [9.17, 15) is 14.7 Å². The number of aliphatic hydroxyl groups excluding tert-OH is 1. The maximum absolute atomic E-state index is 12.0. The van der Waals surface area contributed by atoms with Crippen molar-refractivity contribution in [3.63, 3.8) is 0 Å². The van der Waals surface area contributed by atoms with Gasteiger partial charge in [0.1, 0.15) is 6.10 Å². The lowest BCUT2D eigenvalue weighted by atomic mass is 9.65. The Morgan fingerprint density at radius 3 is 2.56 bits per heavy atom. The summed E-state index contributed by atoms with van der Waals surface area (Å²) >= 11 is 0. The minimum absolute atomic E-state index is 0.0336. The zero-order chi connectivity index (χ0) is 11.9. The van der Waals surface area contributed by atoms with E-state index in [0.717, 1.165) is 12.8 Å². The molecule has 3 rings (SSSR count). The Bertz CT molecular complexity index is 365. The van der Waals surface area contributed by atoms with Crippen LogP contribution in [0.2, 0.25) is 0 Å². The number of carbonyl (C=O) groups excluding carboxylic acids is 2. The molecule has 3 saturated carbocycles. The second kappa shape index (κ2) is 3.92. The average Bonchev–Trinajstić information content (AvgIpc) is 2.16. The fraction of sp³-hybridized carbons (Fsp3) is 0.667. The van der Waals surface area contributed by atoms with E-state index in [4.69, 9.17) is 4.74 Å². The van der Waals surface area contributed by atoms with Gasteiger partial charge in [0, 0.05) is 12.5 Å². The molecule has 3 aliphatic carbocycles. The Morgan fingerprint density at radius 1 is 1.38 bits per heavy atom. The molecular formula is C12H16O4. The van der Waals surface area contributed by atoms with E-state index in [0.29, 0.717) is 12.0 Å². The molecule has 0 aromatic carbocycles. The van der Waals surface area contributed by atoms with Crippen molar-refractivity contribution in [3.8, 4) is 0 Å². The summed E-state index contributed by atoms with van der Waals surface area (Å²) in [4.78, 5) is 22.9. The minimum Gasteiger partial charge on any atom is -0.512 e. The smallest absolute Gasteiger partial charge is 0.302 e. The number of ketones is 1. The maximum Gasteiger partial charge on any atom is 0.302 e. The molecule has 4 nitrogen and oxygen atoms in total. The Kier molecular flexibility index (Phi) is 2.74. The van der Waals surface area contributed by atoms with Crippen LogP contribution in [0.15, 0.2) is 11.3 Å². The van der Waals surface area contributed by atoms with Gasteiger partial charge in [-0.25, -0.2) is 0 Å². The van der Waals surface area contributed by atoms with E-state index in [1.54, 1.807) is 6.92 Å². The highest BCUT2D eigenvalue weighted by atomic mass is 16.5. The lowest BCUT2D eigenvalue weighted by molar-refractivity contribution is -0.156. The molecule has 3 aliphatic rings. The maximum atomic E-state index is 12.0. The van der Waals surface area contributed by atoms with Crippen molar-refractivity contribution in [2.75, 3.05) is 0 Å². The molecule has 0 amide bonds. The van der Waals surface area contributed by atoms with Gasteiger partial charge in [0.05, 0.1) is 11.7 Å². The molecule has 0 heterocycles. The van der Waals surface area contributed by atoms with Gasteiger partial charge in [-0.05, 0) is 32.1 Å². The van der Waals surface area contributed by atoms with E-state index in [1.165, 1.54) is 6.92 Å². The molecule has 0 saturated heterocycles. The molecule has 1 N–H and O–H groups in total. The molecule has 0 aliphatic heterocycles. The van der Waals surface area contributed by atoms with Gasteiger partial charge in [-0.2, -0.15) is 0 Å². The Morgan fingerprint density at radius 2 is 2.06 bits per heavy atom. The van der Waals surface area contributed by atoms with Crippen LogP contribution in [-0.4, -0.2) is 23.0 Å². The Hall–Kier alpha value is -1.32. The molecule has 0 unspecified atom stereocenters. The van der Waals surface area contributed by atoms with Gasteiger partial charge in [0.15, 0.2) is 5.78 Å². The van der Waals surface area contributed by atoms with Gasteiger partial charge < -0.3 is 9.84 Å². The first kappa shape index (κ1) is 11.2. The van der Waals surface area contributed by atoms with E-state index >= 15 is 0 Å². The van der Waals surface area contributed by atoms with Crippen molar-refractivity contribution in [1.82, 2.24) is 0 Å². The molecule has 0 aromatic rings. The van der Waals surface area contributed by atoms with Crippen molar-refractivity contribution in [2.45, 2.75) is 39.2 Å². The number of Topliss-reactive ketones (excluding diaryl/α,β-unsaturated/α-hetero) is 1. The molecule has 0 spiro atoms. The lowest BCUT2D eigenvalue weighted by Crippen LogP contribution is -2.46. The summed E-state index contributed by atoms with van der Waals surface area (Å²) in [5, 5.41) is 9.49. The van der Waals surface area contributed by atoms with Crippen LogP contribution in [0.4, 0.5) is 0 Å². The predicted octanol–water partition coefficient (Wildman–Crippen LogP) is 1.75. The fourth-order valence-corrected chi connectivity index (χ4v) is 2.91. The third kappa shape index (κ3) is 1.72. The number of allylic oxidation sites excluding steroid dienone is 2. The third-order valence-electron chi connectivity index (χ3n) is 3.51. The largest absolute Gasteiger partial charge is 0.512 e. The first-order chi connectivity index (χ1) is 7.50. The van der Waals surface area contributed by atoms with Gasteiger partial charge in [0.25, 0.3) is 0 Å². The van der Waals surface area contributed by atoms with Crippen molar-refractivity contribution in [1.29, 1.82) is 0 Å². The minimum atomic E-state index is -0.336. The van der Waals surface area contributed by atoms with Crippen LogP contribution in [0.3, 0.4) is 0 Å². The summed E-state index contributed by atoms with van der Waals surface area (Å²) in [6, 6.07) is 0. The van der Waals surface area contributed by atoms with Crippen molar-refractivity contribution >= 4 is 11.8 Å². The molecule has 0 aromatic heterocycles. The number of aliphatic hydroxyl groups is 1. The molecule has 3 fully saturated rings. The average molecular weight is 224 g/mol. The molecule has 2 bridgehead atoms. The topological polar surface area (TPSA) is 63.6 Å². The summed E-state index contributed by atoms with van der Waals surface area (Å²) in [6.07, 6.45) is 2.05. The van der Waals surface area contributed by atoms with Crippen LogP contribution in [0.1, 0.15) is 33.1 Å². The zero-order valence-corrected chi connectivity index (χ0v) is 9.53. The van der Waals surface area contributed by atoms with E-state index in [-0.39, 0.29) is 35.5 Å². The highest BCUT2D eigenvalue weighted by Gasteiger charge is 2.47. The first-order valence-corrected chi connectivity index (χ1v) is 5.62. The molecule has 16 heavy (non-hydrogen) atoms. The molecular weight excluding hydrogens is 208 g/mol. The number of fused-ring (bicyclic) bond motifs is 3. The molecule has 88 valence electrons. The summed E-state index contributed by atoms with van der Waals surface area (Å²) in [6.45, 7) is 2.91. The summed E-state index contributed by atoms with van der Waals surface area (Å²) < 4.78 is 5.16. The number of ether oxygens (including phenoxy) is 1. The highest BCUT2D eigenvalue weighted by Crippen LogP contribution is 2.44. The van der Waals surface area contributed by atoms with Crippen molar-refractivity contribution in [3.05, 3.63) is 11.3 Å². The van der Waals surface area contributed by atoms with Crippen molar-refractivity contribution < 1.29 is 19.4 Å². The van der Waals surface area contributed by atoms with Crippen molar-refractivity contribution in [2.24, 2.45) is 11.8 Å². The van der Waals surface area contributed by atoms with Gasteiger partial charge in [-0.1, -0.05) is 0 Å². The molecule has 0 radical (unpaired) electrons. The zero-order valence-electron chi connectivity index (χ0n) is 9.53. The van der Waals surface area contributed by atoms with Crippen LogP contribution in [-0.2, 0) is 14.3 Å². The van der Waals surface area contributed by atoms with E-state index in [1.807, 2.05) is 0 Å². The van der Waals surface area contributed by atoms with E-state index in [2.05, 4.69) is 0 Å². The highest BCUT2D eigenvalue weighted by molar-refractivity contribution is 6.00. The number of carbonyl (C=O) groups is 2. The second-order valence-corrected chi connectivity index (χ2v) is 4.63. The Balaban J connectivity index is 2.23. The van der Waals surface area contributed by atoms with Crippen LogP contribution < -0.4 is 0 Å². The lowest BCUT2D eigenvalue weighted by Gasteiger charge is -2.41. The SMILES string of the molecule is CC(=O)O[C@H]1C[C@@H]2CC[C@H]1C(=O)/C2=C(\C)O. The van der Waals surface area contributed by atoms with E-state index < -0.39 is 0 Å². The van der Waals surface area contributed by atoms with Crippen LogP contribution in [0.5, 0.6) is 0 Å². The number of hydrogen-bond donors (Lipinski definition) is 1. The standard InChI is InChI=1S/C12H16O4/c1-6(13)11-8-3-4-9(12(11)15)10(5-8)16-7(2)14/h8-10,13H,3-5H2,1-2H3/b11-6+/t8-,9+,10-/m0/s1. The molecule has 3 atom stereocenters. The number of hydrogen-bond acceptors (Lipinski definition) is 4. The van der Waals surface area contributed by atoms with Gasteiger partial charge in [0.2, 0.25) is 0 Å².